The first-order valence-corrected chi connectivity index (χ1v) is 11.5. The molecule has 3 aromatic rings. The van der Waals surface area contributed by atoms with Crippen molar-refractivity contribution in [2.75, 3.05) is 6.54 Å². The third-order valence-corrected chi connectivity index (χ3v) is 6.79. The number of hydrogen-bond acceptors (Lipinski definition) is 2. The first-order chi connectivity index (χ1) is 14.8. The molecular formula is C25H29ClN4S. The van der Waals surface area contributed by atoms with E-state index >= 15 is 0 Å². The van der Waals surface area contributed by atoms with E-state index in [1.54, 1.807) is 0 Å². The fraction of sp³-hybridized carbons (Fsp3) is 0.360. The molecule has 1 aliphatic rings. The van der Waals surface area contributed by atoms with Crippen molar-refractivity contribution < 1.29 is 0 Å². The van der Waals surface area contributed by atoms with E-state index in [4.69, 9.17) is 23.8 Å². The molecule has 1 saturated heterocycles. The van der Waals surface area contributed by atoms with E-state index in [0.717, 1.165) is 33.6 Å². The molecule has 4 nitrogen and oxygen atoms in total. The van der Waals surface area contributed by atoms with Gasteiger partial charge in [0.1, 0.15) is 0 Å². The van der Waals surface area contributed by atoms with Crippen LogP contribution in [0.1, 0.15) is 54.1 Å². The number of nitrogens with zero attached hydrogens (tertiary/aromatic N) is 3. The molecule has 162 valence electrons. The predicted molar refractivity (Wildman–Crippen MR) is 132 cm³/mol. The van der Waals surface area contributed by atoms with Crippen LogP contribution in [-0.4, -0.2) is 26.1 Å². The van der Waals surface area contributed by atoms with Gasteiger partial charge in [0, 0.05) is 34.8 Å². The molecule has 0 spiro atoms. The summed E-state index contributed by atoms with van der Waals surface area (Å²) in [5.74, 6) is 0.489. The molecule has 3 heterocycles. The largest absolute Gasteiger partial charge is 0.352 e. The number of aromatic nitrogens is 2. The van der Waals surface area contributed by atoms with Gasteiger partial charge in [-0.05, 0) is 80.4 Å². The van der Waals surface area contributed by atoms with Gasteiger partial charge in [0.15, 0.2) is 5.11 Å². The zero-order valence-electron chi connectivity index (χ0n) is 18.7. The molecular weight excluding hydrogens is 424 g/mol. The van der Waals surface area contributed by atoms with Crippen molar-refractivity contribution in [2.24, 2.45) is 5.92 Å². The van der Waals surface area contributed by atoms with Crippen molar-refractivity contribution in [3.8, 4) is 5.69 Å². The van der Waals surface area contributed by atoms with Gasteiger partial charge in [-0.25, -0.2) is 0 Å². The zero-order valence-corrected chi connectivity index (χ0v) is 20.3. The summed E-state index contributed by atoms with van der Waals surface area (Å²) < 4.78 is 2.31. The molecule has 1 fully saturated rings. The molecule has 2 aromatic heterocycles. The van der Waals surface area contributed by atoms with Crippen LogP contribution in [0.3, 0.4) is 0 Å². The van der Waals surface area contributed by atoms with Crippen LogP contribution in [0.25, 0.3) is 5.69 Å². The van der Waals surface area contributed by atoms with Gasteiger partial charge in [-0.2, -0.15) is 0 Å². The van der Waals surface area contributed by atoms with Gasteiger partial charge in [-0.15, -0.1) is 0 Å². The highest BCUT2D eigenvalue weighted by molar-refractivity contribution is 7.80. The number of benzene rings is 1. The summed E-state index contributed by atoms with van der Waals surface area (Å²) in [4.78, 5) is 6.98. The topological polar surface area (TPSA) is 33.1 Å². The maximum atomic E-state index is 6.45. The SMILES string of the molecule is Cc1c(Cl)cccc1-n1c(C)cc([C@@H]2[C@@H](c3ccccn3)NC(=S)N2CC(C)C)c1C. The van der Waals surface area contributed by atoms with Gasteiger partial charge in [0.05, 0.1) is 17.8 Å². The monoisotopic (exact) mass is 452 g/mol. The van der Waals surface area contributed by atoms with E-state index in [0.29, 0.717) is 5.92 Å². The van der Waals surface area contributed by atoms with Crippen LogP contribution in [0.2, 0.25) is 5.02 Å². The molecule has 2 atom stereocenters. The van der Waals surface area contributed by atoms with Crippen molar-refractivity contribution in [2.45, 2.75) is 46.7 Å². The van der Waals surface area contributed by atoms with Crippen molar-refractivity contribution >= 4 is 28.9 Å². The van der Waals surface area contributed by atoms with E-state index in [1.807, 2.05) is 30.5 Å². The lowest BCUT2D eigenvalue weighted by Crippen LogP contribution is -2.33. The maximum absolute atomic E-state index is 6.45. The van der Waals surface area contributed by atoms with Crippen LogP contribution in [0.15, 0.2) is 48.7 Å². The number of rotatable bonds is 5. The Balaban J connectivity index is 1.86. The Morgan fingerprint density at radius 3 is 2.58 bits per heavy atom. The molecule has 0 amide bonds. The van der Waals surface area contributed by atoms with Crippen molar-refractivity contribution in [3.63, 3.8) is 0 Å². The summed E-state index contributed by atoms with van der Waals surface area (Å²) in [6, 6.07) is 14.5. The highest BCUT2D eigenvalue weighted by atomic mass is 35.5. The first kappa shape index (κ1) is 21.8. The van der Waals surface area contributed by atoms with Crippen LogP contribution in [0.5, 0.6) is 0 Å². The second-order valence-electron chi connectivity index (χ2n) is 8.72. The number of hydrogen-bond donors (Lipinski definition) is 1. The Bertz CT molecular complexity index is 1110. The normalized spacial score (nSPS) is 18.7. The minimum Gasteiger partial charge on any atom is -0.352 e. The molecule has 0 unspecified atom stereocenters. The summed E-state index contributed by atoms with van der Waals surface area (Å²) in [5, 5.41) is 5.13. The number of thiocarbonyl (C=S) groups is 1. The van der Waals surface area contributed by atoms with Crippen molar-refractivity contribution in [1.29, 1.82) is 0 Å². The van der Waals surface area contributed by atoms with Gasteiger partial charge in [-0.1, -0.05) is 37.6 Å². The molecule has 6 heteroatoms. The Morgan fingerprint density at radius 1 is 1.13 bits per heavy atom. The first-order valence-electron chi connectivity index (χ1n) is 10.7. The Labute approximate surface area is 195 Å². The lowest BCUT2D eigenvalue weighted by atomic mass is 9.96. The summed E-state index contributed by atoms with van der Waals surface area (Å²) in [5.41, 5.74) is 6.85. The van der Waals surface area contributed by atoms with E-state index in [9.17, 15) is 0 Å². The number of aryl methyl sites for hydroxylation is 1. The van der Waals surface area contributed by atoms with Gasteiger partial charge in [0.2, 0.25) is 0 Å². The minimum absolute atomic E-state index is 0.00172. The molecule has 1 aliphatic heterocycles. The Hall–Kier alpha value is -2.37. The average molecular weight is 453 g/mol. The van der Waals surface area contributed by atoms with Crippen LogP contribution in [0.4, 0.5) is 0 Å². The summed E-state index contributed by atoms with van der Waals surface area (Å²) in [6.45, 7) is 11.8. The third kappa shape index (κ3) is 3.97. The highest BCUT2D eigenvalue weighted by Crippen LogP contribution is 2.42. The Kier molecular flexibility index (Phi) is 6.09. The van der Waals surface area contributed by atoms with Crippen LogP contribution >= 0.6 is 23.8 Å². The quantitative estimate of drug-likeness (QED) is 0.475. The van der Waals surface area contributed by atoms with E-state index < -0.39 is 0 Å². The van der Waals surface area contributed by atoms with Crippen LogP contribution in [-0.2, 0) is 0 Å². The van der Waals surface area contributed by atoms with Gasteiger partial charge >= 0.3 is 0 Å². The third-order valence-electron chi connectivity index (χ3n) is 6.03. The van der Waals surface area contributed by atoms with Gasteiger partial charge < -0.3 is 14.8 Å². The van der Waals surface area contributed by atoms with E-state index in [1.165, 1.54) is 17.0 Å². The number of halogens is 1. The van der Waals surface area contributed by atoms with E-state index in [-0.39, 0.29) is 12.1 Å². The van der Waals surface area contributed by atoms with E-state index in [2.05, 4.69) is 72.6 Å². The lowest BCUT2D eigenvalue weighted by Gasteiger charge is -2.29. The predicted octanol–water partition coefficient (Wildman–Crippen LogP) is 6.08. The number of nitrogens with one attached hydrogen (secondary N) is 1. The molecule has 1 aromatic carbocycles. The molecule has 4 rings (SSSR count). The highest BCUT2D eigenvalue weighted by Gasteiger charge is 2.41. The fourth-order valence-electron chi connectivity index (χ4n) is 4.63. The van der Waals surface area contributed by atoms with Crippen molar-refractivity contribution in [3.05, 3.63) is 81.9 Å². The smallest absolute Gasteiger partial charge is 0.170 e. The molecule has 0 saturated carbocycles. The summed E-state index contributed by atoms with van der Waals surface area (Å²) in [7, 11) is 0. The fourth-order valence-corrected chi connectivity index (χ4v) is 5.11. The molecule has 1 N–H and O–H groups in total. The van der Waals surface area contributed by atoms with Gasteiger partial charge in [-0.3, -0.25) is 4.98 Å². The molecule has 31 heavy (non-hydrogen) atoms. The molecule has 0 radical (unpaired) electrons. The lowest BCUT2D eigenvalue weighted by molar-refractivity contribution is 0.287. The van der Waals surface area contributed by atoms with Crippen LogP contribution < -0.4 is 5.32 Å². The van der Waals surface area contributed by atoms with Crippen molar-refractivity contribution in [1.82, 2.24) is 19.8 Å². The second kappa shape index (κ2) is 8.64. The van der Waals surface area contributed by atoms with Gasteiger partial charge in [0.25, 0.3) is 0 Å². The number of pyridine rings is 1. The minimum atomic E-state index is 0.00172. The standard InChI is InChI=1S/C25H29ClN4S/c1-15(2)14-29-24(23(28-25(29)31)21-10-6-7-12-27-21)19-13-16(3)30(18(19)5)22-11-8-9-20(26)17(22)4/h6-13,15,23-24H,14H2,1-5H3,(H,28,31)/t23-,24-/m1/s1. The second-order valence-corrected chi connectivity index (χ2v) is 9.51. The average Bonchev–Trinajstić information content (AvgIpc) is 3.20. The summed E-state index contributed by atoms with van der Waals surface area (Å²) >= 11 is 12.2. The molecule has 0 bridgehead atoms. The zero-order chi connectivity index (χ0) is 22.3. The maximum Gasteiger partial charge on any atom is 0.170 e. The molecule has 0 aliphatic carbocycles. The Morgan fingerprint density at radius 2 is 1.90 bits per heavy atom. The summed E-state index contributed by atoms with van der Waals surface area (Å²) in [6.07, 6.45) is 1.85. The van der Waals surface area contributed by atoms with Crippen LogP contribution in [0, 0.1) is 26.7 Å².